The zero-order chi connectivity index (χ0) is 25.4. The van der Waals surface area contributed by atoms with Crippen LogP contribution in [-0.2, 0) is 9.31 Å². The molecule has 1 saturated heterocycles. The van der Waals surface area contributed by atoms with E-state index in [0.717, 1.165) is 28.0 Å². The Kier molecular flexibility index (Phi) is 4.75. The van der Waals surface area contributed by atoms with E-state index in [-0.39, 0.29) is 11.2 Å². The lowest BCUT2D eigenvalue weighted by atomic mass is 9.78. The van der Waals surface area contributed by atoms with Crippen molar-refractivity contribution < 1.29 is 9.31 Å². The van der Waals surface area contributed by atoms with Crippen LogP contribution in [0.1, 0.15) is 27.7 Å². The average Bonchev–Trinajstić information content (AvgIpc) is 3.48. The van der Waals surface area contributed by atoms with Crippen LogP contribution in [0.3, 0.4) is 0 Å². The molecule has 0 radical (unpaired) electrons. The van der Waals surface area contributed by atoms with Crippen LogP contribution in [0, 0.1) is 0 Å². The predicted octanol–water partition coefficient (Wildman–Crippen LogP) is 7.03. The number of fused-ring (bicyclic) bond motifs is 5. The van der Waals surface area contributed by atoms with Gasteiger partial charge in [-0.2, -0.15) is 0 Å². The van der Waals surface area contributed by atoms with Crippen molar-refractivity contribution in [2.75, 3.05) is 0 Å². The smallest absolute Gasteiger partial charge is 0.399 e. The molecule has 0 N–H and O–H groups in total. The van der Waals surface area contributed by atoms with Crippen molar-refractivity contribution in [3.8, 4) is 11.4 Å². The summed E-state index contributed by atoms with van der Waals surface area (Å²) in [4.78, 5) is 0. The van der Waals surface area contributed by atoms with Gasteiger partial charge in [-0.15, -0.1) is 0 Å². The summed E-state index contributed by atoms with van der Waals surface area (Å²) in [5, 5.41) is 3.65. The third-order valence-electron chi connectivity index (χ3n) is 8.15. The van der Waals surface area contributed by atoms with Gasteiger partial charge in [0.05, 0.1) is 22.2 Å². The molecular formula is C32H29BN2O2. The molecule has 0 amide bonds. The Morgan fingerprint density at radius 3 is 1.68 bits per heavy atom. The molecule has 0 unspecified atom stereocenters. The third kappa shape index (κ3) is 3.24. The first-order valence-corrected chi connectivity index (χ1v) is 12.9. The number of hydrogen-bond acceptors (Lipinski definition) is 2. The number of benzene rings is 4. The summed E-state index contributed by atoms with van der Waals surface area (Å²) in [5.41, 5.74) is 6.03. The first-order chi connectivity index (χ1) is 17.9. The monoisotopic (exact) mass is 484 g/mol. The zero-order valence-corrected chi connectivity index (χ0v) is 21.6. The molecule has 5 heteroatoms. The predicted molar refractivity (Wildman–Crippen MR) is 153 cm³/mol. The van der Waals surface area contributed by atoms with E-state index in [0.29, 0.717) is 0 Å². The Bertz CT molecular complexity index is 1770. The molecule has 0 aliphatic carbocycles. The van der Waals surface area contributed by atoms with E-state index in [9.17, 15) is 0 Å². The van der Waals surface area contributed by atoms with Gasteiger partial charge in [0.2, 0.25) is 0 Å². The lowest BCUT2D eigenvalue weighted by Gasteiger charge is -2.32. The Balaban J connectivity index is 1.59. The van der Waals surface area contributed by atoms with Crippen LogP contribution in [0.5, 0.6) is 0 Å². The first-order valence-electron chi connectivity index (χ1n) is 12.9. The molecule has 1 aliphatic rings. The van der Waals surface area contributed by atoms with Crippen molar-refractivity contribution in [1.29, 1.82) is 0 Å². The molecule has 3 heterocycles. The largest absolute Gasteiger partial charge is 0.494 e. The molecule has 182 valence electrons. The second-order valence-electron chi connectivity index (χ2n) is 10.9. The van der Waals surface area contributed by atoms with Crippen LogP contribution >= 0.6 is 0 Å². The highest BCUT2D eigenvalue weighted by Gasteiger charge is 2.51. The minimum atomic E-state index is -0.410. The summed E-state index contributed by atoms with van der Waals surface area (Å²) in [6.07, 6.45) is 0. The van der Waals surface area contributed by atoms with E-state index in [1.54, 1.807) is 0 Å². The highest BCUT2D eigenvalue weighted by Crippen LogP contribution is 2.41. The Morgan fingerprint density at radius 2 is 1.08 bits per heavy atom. The van der Waals surface area contributed by atoms with E-state index in [4.69, 9.17) is 9.31 Å². The molecule has 37 heavy (non-hydrogen) atoms. The zero-order valence-electron chi connectivity index (χ0n) is 21.6. The minimum absolute atomic E-state index is 0.388. The Morgan fingerprint density at radius 1 is 0.568 bits per heavy atom. The fourth-order valence-corrected chi connectivity index (χ4v) is 5.57. The minimum Gasteiger partial charge on any atom is -0.399 e. The summed E-state index contributed by atoms with van der Waals surface area (Å²) in [6, 6.07) is 36.5. The normalized spacial score (nSPS) is 16.8. The van der Waals surface area contributed by atoms with E-state index >= 15 is 0 Å². The molecule has 1 fully saturated rings. The number of hydrogen-bond donors (Lipinski definition) is 0. The van der Waals surface area contributed by atoms with Crippen molar-refractivity contribution in [3.05, 3.63) is 103 Å². The summed E-state index contributed by atoms with van der Waals surface area (Å²) in [7, 11) is -0.410. The van der Waals surface area contributed by atoms with Crippen LogP contribution in [0.15, 0.2) is 103 Å². The van der Waals surface area contributed by atoms with E-state index in [2.05, 4.69) is 140 Å². The SMILES string of the molecule is CC1(C)OB(c2ccc3c(c2)c2c4ccccc4n(-c4ccccc4)c2n3-c2ccccc2)OC1(C)C. The number of nitrogens with zero attached hydrogens (tertiary/aromatic N) is 2. The topological polar surface area (TPSA) is 28.3 Å². The van der Waals surface area contributed by atoms with Crippen molar-refractivity contribution in [2.24, 2.45) is 0 Å². The molecule has 6 aromatic rings. The number of aromatic nitrogens is 2. The lowest BCUT2D eigenvalue weighted by Crippen LogP contribution is -2.41. The summed E-state index contributed by atoms with van der Waals surface area (Å²) in [6.45, 7) is 8.40. The van der Waals surface area contributed by atoms with Crippen molar-refractivity contribution in [1.82, 2.24) is 9.13 Å². The van der Waals surface area contributed by atoms with Gasteiger partial charge < -0.3 is 9.31 Å². The summed E-state index contributed by atoms with van der Waals surface area (Å²) in [5.74, 6) is 0. The maximum absolute atomic E-state index is 6.43. The Hall–Kier alpha value is -3.80. The van der Waals surface area contributed by atoms with Crippen LogP contribution in [0.25, 0.3) is 44.2 Å². The van der Waals surface area contributed by atoms with Crippen LogP contribution in [-0.4, -0.2) is 27.5 Å². The van der Waals surface area contributed by atoms with E-state index < -0.39 is 7.12 Å². The first kappa shape index (κ1) is 22.4. The average molecular weight is 484 g/mol. The summed E-state index contributed by atoms with van der Waals surface area (Å²) < 4.78 is 17.6. The molecule has 2 aromatic heterocycles. The second-order valence-corrected chi connectivity index (χ2v) is 10.9. The number of rotatable bonds is 3. The molecular weight excluding hydrogens is 455 g/mol. The molecule has 1 aliphatic heterocycles. The number of para-hydroxylation sites is 3. The fourth-order valence-electron chi connectivity index (χ4n) is 5.57. The quantitative estimate of drug-likeness (QED) is 0.253. The highest BCUT2D eigenvalue weighted by atomic mass is 16.7. The standard InChI is InChI=1S/C32H29BN2O2/c1-31(2)32(3,4)37-33(36-31)22-19-20-28-26(21-22)29-25-17-11-12-18-27(25)34(23-13-7-5-8-14-23)30(29)35(28)24-15-9-6-10-16-24/h5-21H,1-4H3. The van der Waals surface area contributed by atoms with Gasteiger partial charge in [-0.25, -0.2) is 0 Å². The van der Waals surface area contributed by atoms with Gasteiger partial charge in [-0.1, -0.05) is 66.7 Å². The van der Waals surface area contributed by atoms with Gasteiger partial charge in [0.1, 0.15) is 5.65 Å². The van der Waals surface area contributed by atoms with Crippen LogP contribution < -0.4 is 5.46 Å². The molecule has 7 rings (SSSR count). The van der Waals surface area contributed by atoms with E-state index in [1.165, 1.54) is 21.7 Å². The van der Waals surface area contributed by atoms with Crippen molar-refractivity contribution in [3.63, 3.8) is 0 Å². The summed E-state index contributed by atoms with van der Waals surface area (Å²) >= 11 is 0. The maximum atomic E-state index is 6.43. The highest BCUT2D eigenvalue weighted by molar-refractivity contribution is 6.62. The van der Waals surface area contributed by atoms with Gasteiger partial charge >= 0.3 is 7.12 Å². The van der Waals surface area contributed by atoms with Gasteiger partial charge in [-0.05, 0) is 69.6 Å². The molecule has 4 nitrogen and oxygen atoms in total. The van der Waals surface area contributed by atoms with Crippen molar-refractivity contribution >= 4 is 45.4 Å². The van der Waals surface area contributed by atoms with Gasteiger partial charge in [0, 0.05) is 27.5 Å². The van der Waals surface area contributed by atoms with Crippen LogP contribution in [0.4, 0.5) is 0 Å². The molecule has 0 atom stereocenters. The molecule has 0 bridgehead atoms. The molecule has 4 aromatic carbocycles. The molecule has 0 saturated carbocycles. The fraction of sp³-hybridized carbons (Fsp3) is 0.188. The maximum Gasteiger partial charge on any atom is 0.494 e. The van der Waals surface area contributed by atoms with Gasteiger partial charge in [0.25, 0.3) is 0 Å². The van der Waals surface area contributed by atoms with Crippen LogP contribution in [0.2, 0.25) is 0 Å². The third-order valence-corrected chi connectivity index (χ3v) is 8.15. The van der Waals surface area contributed by atoms with Gasteiger partial charge in [-0.3, -0.25) is 9.13 Å². The Labute approximate surface area is 217 Å². The lowest BCUT2D eigenvalue weighted by molar-refractivity contribution is 0.00578. The van der Waals surface area contributed by atoms with E-state index in [1.807, 2.05) is 0 Å². The van der Waals surface area contributed by atoms with Gasteiger partial charge in [0.15, 0.2) is 0 Å². The van der Waals surface area contributed by atoms with Crippen molar-refractivity contribution in [2.45, 2.75) is 38.9 Å². The molecule has 0 spiro atoms. The second kappa shape index (κ2) is 7.85.